The third kappa shape index (κ3) is 4.20. The molecule has 1 aliphatic rings. The van der Waals surface area contributed by atoms with Crippen molar-refractivity contribution in [1.29, 1.82) is 0 Å². The zero-order valence-electron chi connectivity index (χ0n) is 16.4. The number of benzene rings is 2. The highest BCUT2D eigenvalue weighted by Crippen LogP contribution is 2.37. The highest BCUT2D eigenvalue weighted by Gasteiger charge is 2.37. The largest absolute Gasteiger partial charge is 0.492 e. The molecule has 1 aliphatic heterocycles. The van der Waals surface area contributed by atoms with Crippen LogP contribution in [0, 0.1) is 6.92 Å². The molecule has 0 spiro atoms. The number of halogens is 2. The van der Waals surface area contributed by atoms with Crippen molar-refractivity contribution in [3.8, 4) is 11.5 Å². The minimum atomic E-state index is -0.835. The Kier molecular flexibility index (Phi) is 6.48. The van der Waals surface area contributed by atoms with Crippen molar-refractivity contribution in [3.63, 3.8) is 0 Å². The van der Waals surface area contributed by atoms with Crippen LogP contribution in [-0.2, 0) is 9.59 Å². The monoisotopic (exact) mass is 492 g/mol. The fourth-order valence-corrected chi connectivity index (χ4v) is 3.79. The number of amides is 4. The van der Waals surface area contributed by atoms with Gasteiger partial charge >= 0.3 is 6.03 Å². The molecule has 0 aliphatic carbocycles. The molecule has 3 rings (SSSR count). The Morgan fingerprint density at radius 2 is 1.93 bits per heavy atom. The molecular weight excluding hydrogens is 476 g/mol. The van der Waals surface area contributed by atoms with Gasteiger partial charge in [0.05, 0.1) is 23.9 Å². The van der Waals surface area contributed by atoms with Crippen LogP contribution in [-0.4, -0.2) is 31.6 Å². The zero-order chi connectivity index (χ0) is 22.0. The van der Waals surface area contributed by atoms with E-state index in [4.69, 9.17) is 21.1 Å². The molecule has 0 bridgehead atoms. The van der Waals surface area contributed by atoms with Crippen LogP contribution in [0.5, 0.6) is 11.5 Å². The van der Waals surface area contributed by atoms with Gasteiger partial charge in [-0.3, -0.25) is 14.9 Å². The summed E-state index contributed by atoms with van der Waals surface area (Å²) >= 11 is 9.44. The number of hydrogen-bond donors (Lipinski definition) is 1. The van der Waals surface area contributed by atoms with Gasteiger partial charge in [-0.25, -0.2) is 9.69 Å². The van der Waals surface area contributed by atoms with Crippen molar-refractivity contribution in [2.45, 2.75) is 13.8 Å². The second kappa shape index (κ2) is 8.89. The van der Waals surface area contributed by atoms with Crippen molar-refractivity contribution in [1.82, 2.24) is 5.32 Å². The third-order valence-electron chi connectivity index (χ3n) is 4.36. The number of nitrogens with one attached hydrogen (secondary N) is 1. The van der Waals surface area contributed by atoms with E-state index in [0.29, 0.717) is 44.4 Å². The SMILES string of the molecule is CCOc1cc(/C=C2\C(=O)NC(=O)N(c3cc(Cl)ccc3C)C2=O)cc(Br)c1OC. The van der Waals surface area contributed by atoms with Crippen LogP contribution >= 0.6 is 27.5 Å². The summed E-state index contributed by atoms with van der Waals surface area (Å²) in [6.07, 6.45) is 1.39. The van der Waals surface area contributed by atoms with E-state index in [1.807, 2.05) is 6.92 Å². The van der Waals surface area contributed by atoms with Crippen LogP contribution in [0.4, 0.5) is 10.5 Å². The van der Waals surface area contributed by atoms with Gasteiger partial charge < -0.3 is 9.47 Å². The number of carbonyl (C=O) groups excluding carboxylic acids is 3. The van der Waals surface area contributed by atoms with Gasteiger partial charge in [0.2, 0.25) is 0 Å². The molecule has 1 N–H and O–H groups in total. The molecule has 0 saturated carbocycles. The lowest BCUT2D eigenvalue weighted by molar-refractivity contribution is -0.122. The molecule has 0 aromatic heterocycles. The van der Waals surface area contributed by atoms with Crippen molar-refractivity contribution in [3.05, 3.63) is 56.5 Å². The Bertz CT molecular complexity index is 1080. The van der Waals surface area contributed by atoms with E-state index in [2.05, 4.69) is 21.2 Å². The molecular formula is C21H18BrClN2O5. The molecule has 30 heavy (non-hydrogen) atoms. The van der Waals surface area contributed by atoms with Crippen LogP contribution in [0.15, 0.2) is 40.4 Å². The number of anilines is 1. The predicted molar refractivity (Wildman–Crippen MR) is 117 cm³/mol. The van der Waals surface area contributed by atoms with Crippen molar-refractivity contribution >= 4 is 57.1 Å². The van der Waals surface area contributed by atoms with Crippen LogP contribution in [0.2, 0.25) is 5.02 Å². The van der Waals surface area contributed by atoms with Crippen molar-refractivity contribution in [2.24, 2.45) is 0 Å². The number of carbonyl (C=O) groups is 3. The molecule has 0 atom stereocenters. The van der Waals surface area contributed by atoms with Gasteiger partial charge in [-0.05, 0) is 71.2 Å². The minimum Gasteiger partial charge on any atom is -0.492 e. The molecule has 2 aromatic carbocycles. The first-order valence-corrected chi connectivity index (χ1v) is 10.1. The summed E-state index contributed by atoms with van der Waals surface area (Å²) in [7, 11) is 1.51. The van der Waals surface area contributed by atoms with E-state index in [1.165, 1.54) is 19.3 Å². The zero-order valence-corrected chi connectivity index (χ0v) is 18.8. The molecule has 9 heteroatoms. The molecule has 2 aromatic rings. The van der Waals surface area contributed by atoms with Gasteiger partial charge in [0.25, 0.3) is 11.8 Å². The average molecular weight is 494 g/mol. The van der Waals surface area contributed by atoms with Crippen LogP contribution in [0.1, 0.15) is 18.1 Å². The predicted octanol–water partition coefficient (Wildman–Crippen LogP) is 4.48. The third-order valence-corrected chi connectivity index (χ3v) is 5.18. The summed E-state index contributed by atoms with van der Waals surface area (Å²) in [5, 5.41) is 2.56. The summed E-state index contributed by atoms with van der Waals surface area (Å²) in [6.45, 7) is 3.97. The second-order valence-corrected chi connectivity index (χ2v) is 7.65. The topological polar surface area (TPSA) is 84.9 Å². The van der Waals surface area contributed by atoms with Crippen LogP contribution < -0.4 is 19.7 Å². The van der Waals surface area contributed by atoms with E-state index in [1.54, 1.807) is 31.2 Å². The Hall–Kier alpha value is -2.84. The van der Waals surface area contributed by atoms with Gasteiger partial charge in [0, 0.05) is 5.02 Å². The molecule has 0 unspecified atom stereocenters. The minimum absolute atomic E-state index is 0.200. The summed E-state index contributed by atoms with van der Waals surface area (Å²) in [5.74, 6) is -0.599. The molecule has 1 heterocycles. The molecule has 156 valence electrons. The smallest absolute Gasteiger partial charge is 0.335 e. The number of methoxy groups -OCH3 is 1. The van der Waals surface area contributed by atoms with Gasteiger partial charge in [-0.2, -0.15) is 0 Å². The van der Waals surface area contributed by atoms with Gasteiger partial charge in [-0.15, -0.1) is 0 Å². The molecule has 4 amide bonds. The number of urea groups is 1. The lowest BCUT2D eigenvalue weighted by Gasteiger charge is -2.27. The van der Waals surface area contributed by atoms with E-state index in [0.717, 1.165) is 4.90 Å². The normalized spacial score (nSPS) is 15.4. The van der Waals surface area contributed by atoms with Gasteiger partial charge in [0.15, 0.2) is 11.5 Å². The maximum Gasteiger partial charge on any atom is 0.335 e. The summed E-state index contributed by atoms with van der Waals surface area (Å²) in [4.78, 5) is 38.8. The lowest BCUT2D eigenvalue weighted by atomic mass is 10.1. The number of barbiturate groups is 1. The maximum absolute atomic E-state index is 13.1. The quantitative estimate of drug-likeness (QED) is 0.490. The number of imide groups is 2. The summed E-state index contributed by atoms with van der Waals surface area (Å²) in [6, 6.07) is 7.33. The van der Waals surface area contributed by atoms with Crippen LogP contribution in [0.3, 0.4) is 0 Å². The first-order valence-electron chi connectivity index (χ1n) is 8.94. The summed E-state index contributed by atoms with van der Waals surface area (Å²) in [5.41, 5.74) is 1.27. The highest BCUT2D eigenvalue weighted by molar-refractivity contribution is 9.10. The standard InChI is InChI=1S/C21H18BrClN2O5/c1-4-30-17-9-12(8-15(22)18(17)29-3)7-14-19(26)24-21(28)25(20(14)27)16-10-13(23)6-5-11(16)2/h5-10H,4H2,1-3H3,(H,24,26,28)/b14-7+. The molecule has 1 fully saturated rings. The molecule has 7 nitrogen and oxygen atoms in total. The second-order valence-electron chi connectivity index (χ2n) is 6.36. The maximum atomic E-state index is 13.1. The fraction of sp³-hybridized carbons (Fsp3) is 0.190. The molecule has 1 saturated heterocycles. The van der Waals surface area contributed by atoms with E-state index in [-0.39, 0.29) is 5.57 Å². The number of nitrogens with zero attached hydrogens (tertiary/aromatic N) is 1. The number of rotatable bonds is 5. The van der Waals surface area contributed by atoms with Gasteiger partial charge in [-0.1, -0.05) is 17.7 Å². The lowest BCUT2D eigenvalue weighted by Crippen LogP contribution is -2.54. The number of ether oxygens (including phenoxy) is 2. The Morgan fingerprint density at radius 3 is 2.60 bits per heavy atom. The Labute approximate surface area is 186 Å². The molecule has 0 radical (unpaired) electrons. The highest BCUT2D eigenvalue weighted by atomic mass is 79.9. The first kappa shape index (κ1) is 21.9. The fourth-order valence-electron chi connectivity index (χ4n) is 3.00. The van der Waals surface area contributed by atoms with E-state index < -0.39 is 17.8 Å². The first-order chi connectivity index (χ1) is 14.3. The van der Waals surface area contributed by atoms with E-state index in [9.17, 15) is 14.4 Å². The average Bonchev–Trinajstić information content (AvgIpc) is 2.68. The summed E-state index contributed by atoms with van der Waals surface area (Å²) < 4.78 is 11.5. The Balaban J connectivity index is 2.08. The number of hydrogen-bond acceptors (Lipinski definition) is 5. The van der Waals surface area contributed by atoms with Crippen molar-refractivity contribution < 1.29 is 23.9 Å². The Morgan fingerprint density at radius 1 is 1.20 bits per heavy atom. The van der Waals surface area contributed by atoms with Crippen molar-refractivity contribution in [2.75, 3.05) is 18.6 Å². The number of aryl methyl sites for hydroxylation is 1. The van der Waals surface area contributed by atoms with Gasteiger partial charge in [0.1, 0.15) is 5.57 Å². The van der Waals surface area contributed by atoms with Crippen LogP contribution in [0.25, 0.3) is 6.08 Å². The van der Waals surface area contributed by atoms with E-state index >= 15 is 0 Å².